The molecule has 0 aliphatic rings. The van der Waals surface area contributed by atoms with Gasteiger partial charge in [0.25, 0.3) is 10.0 Å². The number of halogens is 2. The van der Waals surface area contributed by atoms with Gasteiger partial charge in [0, 0.05) is 18.0 Å². The average molecular weight is 487 g/mol. The van der Waals surface area contributed by atoms with Crippen LogP contribution in [0.25, 0.3) is 5.65 Å². The van der Waals surface area contributed by atoms with E-state index in [0.717, 1.165) is 0 Å². The number of aryl methyl sites for hydroxylation is 2. The first-order chi connectivity index (χ1) is 14.7. The number of anilines is 1. The molecule has 3 rings (SSSR count). The Labute approximate surface area is 189 Å². The molecule has 0 atom stereocenters. The molecule has 9 nitrogen and oxygen atoms in total. The zero-order valence-corrected chi connectivity index (χ0v) is 19.3. The molecule has 0 aliphatic carbocycles. The summed E-state index contributed by atoms with van der Waals surface area (Å²) in [6.45, 7) is 5.81. The lowest BCUT2D eigenvalue weighted by atomic mass is 10.3. The summed E-state index contributed by atoms with van der Waals surface area (Å²) in [7, 11) is -4.38. The Balaban J connectivity index is 2.12. The van der Waals surface area contributed by atoms with Crippen LogP contribution in [0.15, 0.2) is 29.3 Å². The van der Waals surface area contributed by atoms with Crippen molar-refractivity contribution in [3.8, 4) is 0 Å². The number of ether oxygens (including phenoxy) is 2. The number of sulfonamides is 1. The molecule has 0 radical (unpaired) electrons. The lowest BCUT2D eigenvalue weighted by Gasteiger charge is -2.10. The number of rotatable bonds is 8. The fraction of sp³-hybridized carbons (Fsp3) is 0.316. The summed E-state index contributed by atoms with van der Waals surface area (Å²) >= 11 is 12.2. The highest BCUT2D eigenvalue weighted by molar-refractivity contribution is 7.92. The molecule has 0 bridgehead atoms. The molecular weight excluding hydrogens is 467 g/mol. The van der Waals surface area contributed by atoms with E-state index in [9.17, 15) is 13.2 Å². The van der Waals surface area contributed by atoms with Crippen LogP contribution in [-0.2, 0) is 19.5 Å². The van der Waals surface area contributed by atoms with E-state index >= 15 is 0 Å². The van der Waals surface area contributed by atoms with Crippen molar-refractivity contribution in [2.75, 3.05) is 24.5 Å². The van der Waals surface area contributed by atoms with Gasteiger partial charge in [-0.25, -0.2) is 14.3 Å². The predicted molar refractivity (Wildman–Crippen MR) is 117 cm³/mol. The minimum absolute atomic E-state index is 0.0283. The topological polar surface area (TPSA) is 112 Å². The van der Waals surface area contributed by atoms with Gasteiger partial charge in [-0.3, -0.25) is 4.72 Å². The highest BCUT2D eigenvalue weighted by Crippen LogP contribution is 2.32. The van der Waals surface area contributed by atoms with Gasteiger partial charge in [0.1, 0.15) is 12.2 Å². The maximum Gasteiger partial charge on any atom is 0.345 e. The van der Waals surface area contributed by atoms with Crippen LogP contribution >= 0.6 is 23.2 Å². The number of esters is 1. The van der Waals surface area contributed by atoms with Gasteiger partial charge in [0.15, 0.2) is 5.65 Å². The molecule has 12 heteroatoms. The van der Waals surface area contributed by atoms with Gasteiger partial charge in [0.2, 0.25) is 5.03 Å². The largest absolute Gasteiger partial charge is 0.459 e. The number of hydrogen-bond donors (Lipinski definition) is 1. The number of hydrogen-bond acceptors (Lipinski definition) is 7. The molecule has 1 N–H and O–H groups in total. The van der Waals surface area contributed by atoms with Crippen LogP contribution in [0.3, 0.4) is 0 Å². The summed E-state index contributed by atoms with van der Waals surface area (Å²) in [5.41, 5.74) is 0.908. The van der Waals surface area contributed by atoms with Crippen molar-refractivity contribution in [3.63, 3.8) is 0 Å². The van der Waals surface area contributed by atoms with Crippen LogP contribution < -0.4 is 4.72 Å². The molecule has 0 saturated heterocycles. The van der Waals surface area contributed by atoms with E-state index in [4.69, 9.17) is 32.7 Å². The molecule has 31 heavy (non-hydrogen) atoms. The number of carbonyl (C=O) groups is 1. The molecule has 166 valence electrons. The Morgan fingerprint density at radius 3 is 2.52 bits per heavy atom. The Hall–Kier alpha value is -2.40. The van der Waals surface area contributed by atoms with Crippen LogP contribution in [0.5, 0.6) is 0 Å². The second kappa shape index (κ2) is 9.39. The molecule has 0 fully saturated rings. The molecule has 0 unspecified atom stereocenters. The Bertz CT molecular complexity index is 1220. The van der Waals surface area contributed by atoms with Crippen molar-refractivity contribution in [2.45, 2.75) is 25.8 Å². The summed E-state index contributed by atoms with van der Waals surface area (Å²) in [5, 5.41) is 3.76. The van der Waals surface area contributed by atoms with Crippen LogP contribution in [0, 0.1) is 13.8 Å². The lowest BCUT2D eigenvalue weighted by Crippen LogP contribution is -2.19. The van der Waals surface area contributed by atoms with E-state index in [0.29, 0.717) is 18.0 Å². The molecule has 3 aromatic rings. The van der Waals surface area contributed by atoms with E-state index in [-0.39, 0.29) is 40.2 Å². The van der Waals surface area contributed by atoms with Gasteiger partial charge in [-0.2, -0.15) is 13.5 Å². The number of carbonyl (C=O) groups excluding carboxylic acids is 1. The van der Waals surface area contributed by atoms with E-state index in [1.165, 1.54) is 16.6 Å². The molecule has 0 spiro atoms. The van der Waals surface area contributed by atoms with Crippen LogP contribution in [-0.4, -0.2) is 48.8 Å². The standard InChI is InChI=1S/C19H20Cl2N4O5S/c1-4-29-8-9-30-19(26)15-17-22-11(2)10-12(3)25(17)23-18(15)31(27,28)24-16-13(20)6-5-7-14(16)21/h5-7,10,24H,4,8-9H2,1-3H3. The number of benzene rings is 1. The third-order valence-corrected chi connectivity index (χ3v) is 6.08. The molecule has 1 aromatic carbocycles. The van der Waals surface area contributed by atoms with E-state index in [1.54, 1.807) is 32.9 Å². The number of nitrogens with zero attached hydrogens (tertiary/aromatic N) is 3. The fourth-order valence-corrected chi connectivity index (χ4v) is 4.68. The minimum Gasteiger partial charge on any atom is -0.459 e. The predicted octanol–water partition coefficient (Wildman–Crippen LogP) is 3.65. The average Bonchev–Trinajstić information content (AvgIpc) is 3.09. The first-order valence-electron chi connectivity index (χ1n) is 9.24. The Morgan fingerprint density at radius 2 is 1.87 bits per heavy atom. The number of para-hydroxylation sites is 1. The number of nitrogens with one attached hydrogen (secondary N) is 1. The van der Waals surface area contributed by atoms with Crippen LogP contribution in [0.1, 0.15) is 28.7 Å². The van der Waals surface area contributed by atoms with E-state index < -0.39 is 21.0 Å². The monoisotopic (exact) mass is 486 g/mol. The van der Waals surface area contributed by atoms with Crippen LogP contribution in [0.2, 0.25) is 10.0 Å². The first-order valence-corrected chi connectivity index (χ1v) is 11.5. The van der Waals surface area contributed by atoms with Gasteiger partial charge in [-0.05, 0) is 39.0 Å². The second-order valence-corrected chi connectivity index (χ2v) is 8.90. The molecule has 2 aromatic heterocycles. The third-order valence-electron chi connectivity index (χ3n) is 4.19. The van der Waals surface area contributed by atoms with Crippen molar-refractivity contribution in [1.82, 2.24) is 14.6 Å². The van der Waals surface area contributed by atoms with Crippen LogP contribution in [0.4, 0.5) is 5.69 Å². The van der Waals surface area contributed by atoms with E-state index in [2.05, 4.69) is 14.8 Å². The van der Waals surface area contributed by atoms with Crippen molar-refractivity contribution in [1.29, 1.82) is 0 Å². The highest BCUT2D eigenvalue weighted by Gasteiger charge is 2.32. The molecule has 0 amide bonds. The van der Waals surface area contributed by atoms with Gasteiger partial charge in [-0.15, -0.1) is 0 Å². The number of fused-ring (bicyclic) bond motifs is 1. The Kier molecular flexibility index (Phi) is 7.05. The number of aromatic nitrogens is 3. The van der Waals surface area contributed by atoms with Gasteiger partial charge >= 0.3 is 5.97 Å². The lowest BCUT2D eigenvalue weighted by molar-refractivity contribution is 0.0333. The van der Waals surface area contributed by atoms with Gasteiger partial charge in [0.05, 0.1) is 22.3 Å². The highest BCUT2D eigenvalue weighted by atomic mass is 35.5. The van der Waals surface area contributed by atoms with Crippen molar-refractivity contribution in [2.24, 2.45) is 0 Å². The molecule has 0 aliphatic heterocycles. The quantitative estimate of drug-likeness (QED) is 0.381. The Morgan fingerprint density at radius 1 is 1.19 bits per heavy atom. The van der Waals surface area contributed by atoms with Crippen molar-refractivity contribution >= 4 is 50.5 Å². The molecule has 2 heterocycles. The van der Waals surface area contributed by atoms with Gasteiger partial charge < -0.3 is 9.47 Å². The summed E-state index contributed by atoms with van der Waals surface area (Å²) in [4.78, 5) is 17.1. The first kappa shape index (κ1) is 23.3. The minimum atomic E-state index is -4.38. The second-order valence-electron chi connectivity index (χ2n) is 6.49. The van der Waals surface area contributed by atoms with E-state index in [1.807, 2.05) is 0 Å². The van der Waals surface area contributed by atoms with Gasteiger partial charge in [-0.1, -0.05) is 29.3 Å². The summed E-state index contributed by atoms with van der Waals surface area (Å²) in [6, 6.07) is 6.24. The maximum atomic E-state index is 13.2. The summed E-state index contributed by atoms with van der Waals surface area (Å²) < 4.78 is 40.4. The smallest absolute Gasteiger partial charge is 0.345 e. The van der Waals surface area contributed by atoms with Crippen molar-refractivity contribution < 1.29 is 22.7 Å². The maximum absolute atomic E-state index is 13.2. The SMILES string of the molecule is CCOCCOC(=O)c1c(S(=O)(=O)Nc2c(Cl)cccc2Cl)nn2c(C)cc(C)nc12. The zero-order chi connectivity index (χ0) is 22.8. The van der Waals surface area contributed by atoms with Crippen molar-refractivity contribution in [3.05, 3.63) is 51.3 Å². The molecular formula is C19H20Cl2N4O5S. The normalized spacial score (nSPS) is 11.6. The third kappa shape index (κ3) is 4.93. The zero-order valence-electron chi connectivity index (χ0n) is 17.0. The summed E-state index contributed by atoms with van der Waals surface area (Å²) in [6.07, 6.45) is 0. The fourth-order valence-electron chi connectivity index (χ4n) is 2.86. The molecule has 0 saturated carbocycles. The summed E-state index contributed by atoms with van der Waals surface area (Å²) in [5.74, 6) is -0.891.